The van der Waals surface area contributed by atoms with Gasteiger partial charge in [0.2, 0.25) is 5.91 Å². The Kier molecular flexibility index (Phi) is 3.82. The Balaban J connectivity index is 2.16. The molecule has 0 aromatic heterocycles. The second-order valence-corrected chi connectivity index (χ2v) is 6.29. The highest BCUT2D eigenvalue weighted by Gasteiger charge is 2.48. The van der Waals surface area contributed by atoms with Gasteiger partial charge in [0.25, 0.3) is 0 Å². The van der Waals surface area contributed by atoms with Gasteiger partial charge in [-0.1, -0.05) is 35.3 Å². The zero-order valence-electron chi connectivity index (χ0n) is 12.4. The third-order valence-corrected chi connectivity index (χ3v) is 4.62. The first-order valence-corrected chi connectivity index (χ1v) is 7.63. The quantitative estimate of drug-likeness (QED) is 0.830. The lowest BCUT2D eigenvalue weighted by Crippen LogP contribution is -2.48. The first kappa shape index (κ1) is 15.8. The highest BCUT2D eigenvalue weighted by molar-refractivity contribution is 6.40. The molecule has 23 heavy (non-hydrogen) atoms. The Bertz CT molecular complexity index is 817. The minimum Gasteiger partial charge on any atom is -0.497 e. The molecule has 1 aliphatic heterocycles. The maximum absolute atomic E-state index is 13.0. The highest BCUT2D eigenvalue weighted by atomic mass is 35.5. The van der Waals surface area contributed by atoms with E-state index in [4.69, 9.17) is 27.9 Å². The van der Waals surface area contributed by atoms with Crippen molar-refractivity contribution in [2.45, 2.75) is 12.3 Å². The molecule has 0 spiro atoms. The molecule has 1 atom stereocenters. The van der Waals surface area contributed by atoms with Crippen LogP contribution in [-0.2, 0) is 10.2 Å². The van der Waals surface area contributed by atoms with Crippen molar-refractivity contribution >= 4 is 40.6 Å². The summed E-state index contributed by atoms with van der Waals surface area (Å²) in [7, 11) is 1.55. The molecule has 1 aliphatic rings. The number of carbonyl (C=O) groups excluding carboxylic acids is 2. The van der Waals surface area contributed by atoms with Crippen LogP contribution in [0.3, 0.4) is 0 Å². The molecule has 0 unspecified atom stereocenters. The topological polar surface area (TPSA) is 55.4 Å². The molecule has 1 heterocycles. The number of amides is 1. The lowest BCUT2D eigenvalue weighted by Gasteiger charge is -2.33. The Labute approximate surface area is 143 Å². The first-order valence-electron chi connectivity index (χ1n) is 6.87. The van der Waals surface area contributed by atoms with Crippen LogP contribution in [0.15, 0.2) is 36.4 Å². The summed E-state index contributed by atoms with van der Waals surface area (Å²) in [5.74, 6) is -0.132. The molecule has 6 heteroatoms. The molecule has 0 aliphatic carbocycles. The van der Waals surface area contributed by atoms with Gasteiger partial charge in [0.15, 0.2) is 5.78 Å². The standard InChI is InChI=1S/C17H13Cl2NO3/c1-17(9-3-5-11(23-2)6-4-9)15(21)14-12(19)7-10(18)8-13(14)20-16(17)22/h3-8H,1-2H3,(H,20,22)/t17-/m1/s1. The number of ketones is 1. The molecule has 2 aromatic carbocycles. The van der Waals surface area contributed by atoms with Crippen molar-refractivity contribution < 1.29 is 14.3 Å². The summed E-state index contributed by atoms with van der Waals surface area (Å²) in [4.78, 5) is 25.6. The number of carbonyl (C=O) groups is 2. The van der Waals surface area contributed by atoms with Crippen molar-refractivity contribution in [3.8, 4) is 5.75 Å². The van der Waals surface area contributed by atoms with E-state index < -0.39 is 11.3 Å². The van der Waals surface area contributed by atoms with E-state index in [9.17, 15) is 9.59 Å². The van der Waals surface area contributed by atoms with Gasteiger partial charge in [0, 0.05) is 5.02 Å². The van der Waals surface area contributed by atoms with Gasteiger partial charge >= 0.3 is 0 Å². The van der Waals surface area contributed by atoms with Gasteiger partial charge in [-0.15, -0.1) is 0 Å². The van der Waals surface area contributed by atoms with Crippen LogP contribution in [0.25, 0.3) is 0 Å². The maximum atomic E-state index is 13.0. The van der Waals surface area contributed by atoms with Crippen molar-refractivity contribution in [2.24, 2.45) is 0 Å². The molecule has 0 saturated carbocycles. The van der Waals surface area contributed by atoms with E-state index in [0.717, 1.165) is 0 Å². The molecule has 4 nitrogen and oxygen atoms in total. The van der Waals surface area contributed by atoms with E-state index in [-0.39, 0.29) is 16.4 Å². The number of hydrogen-bond donors (Lipinski definition) is 1. The van der Waals surface area contributed by atoms with Crippen LogP contribution in [0.2, 0.25) is 10.0 Å². The lowest BCUT2D eigenvalue weighted by molar-refractivity contribution is -0.119. The largest absolute Gasteiger partial charge is 0.497 e. The van der Waals surface area contributed by atoms with Crippen molar-refractivity contribution in [3.05, 3.63) is 57.6 Å². The summed E-state index contributed by atoms with van der Waals surface area (Å²) in [6, 6.07) is 9.83. The fourth-order valence-electron chi connectivity index (χ4n) is 2.69. The number of Topliss-reactive ketones (excluding diaryl/α,β-unsaturated/α-hetero) is 1. The van der Waals surface area contributed by atoms with Gasteiger partial charge in [0.05, 0.1) is 23.4 Å². The van der Waals surface area contributed by atoms with Crippen molar-refractivity contribution in [2.75, 3.05) is 12.4 Å². The molecule has 0 radical (unpaired) electrons. The van der Waals surface area contributed by atoms with Crippen molar-refractivity contribution in [1.82, 2.24) is 0 Å². The highest BCUT2D eigenvalue weighted by Crippen LogP contribution is 2.41. The summed E-state index contributed by atoms with van der Waals surface area (Å²) in [5.41, 5.74) is -0.188. The van der Waals surface area contributed by atoms with Crippen LogP contribution in [0.1, 0.15) is 22.8 Å². The van der Waals surface area contributed by atoms with Gasteiger partial charge in [-0.25, -0.2) is 0 Å². The van der Waals surface area contributed by atoms with Crippen LogP contribution < -0.4 is 10.1 Å². The molecule has 0 saturated heterocycles. The molecule has 0 bridgehead atoms. The van der Waals surface area contributed by atoms with E-state index in [1.807, 2.05) is 0 Å². The monoisotopic (exact) mass is 349 g/mol. The average Bonchev–Trinajstić information content (AvgIpc) is 2.52. The number of ether oxygens (including phenoxy) is 1. The van der Waals surface area contributed by atoms with Crippen molar-refractivity contribution in [3.63, 3.8) is 0 Å². The SMILES string of the molecule is COc1ccc([C@@]2(C)C(=O)Nc3cc(Cl)cc(Cl)c3C2=O)cc1. The number of nitrogens with one attached hydrogen (secondary N) is 1. The number of fused-ring (bicyclic) bond motifs is 1. The van der Waals surface area contributed by atoms with Gasteiger partial charge in [-0.05, 0) is 36.8 Å². The molecule has 118 valence electrons. The normalized spacial score (nSPS) is 20.0. The number of halogens is 2. The van der Waals surface area contributed by atoms with Gasteiger partial charge in [-0.3, -0.25) is 9.59 Å². The lowest BCUT2D eigenvalue weighted by atomic mass is 9.73. The minimum absolute atomic E-state index is 0.220. The number of methoxy groups -OCH3 is 1. The molecule has 3 rings (SSSR count). The van der Waals surface area contributed by atoms with Crippen LogP contribution in [-0.4, -0.2) is 18.8 Å². The van der Waals surface area contributed by atoms with Crippen LogP contribution >= 0.6 is 23.2 Å². The second kappa shape index (κ2) is 5.55. The summed E-state index contributed by atoms with van der Waals surface area (Å²) >= 11 is 12.1. The average molecular weight is 350 g/mol. The van der Waals surface area contributed by atoms with Gasteiger partial charge in [-0.2, -0.15) is 0 Å². The first-order chi connectivity index (χ1) is 10.9. The van der Waals surface area contributed by atoms with E-state index in [2.05, 4.69) is 5.32 Å². The van der Waals surface area contributed by atoms with Crippen LogP contribution in [0, 0.1) is 0 Å². The van der Waals surface area contributed by atoms with Gasteiger partial charge < -0.3 is 10.1 Å². The zero-order chi connectivity index (χ0) is 16.8. The number of benzene rings is 2. The predicted octanol–water partition coefficient (Wildman–Crippen LogP) is 4.09. The zero-order valence-corrected chi connectivity index (χ0v) is 14.0. The molecular weight excluding hydrogens is 337 g/mol. The fraction of sp³-hybridized carbons (Fsp3) is 0.176. The smallest absolute Gasteiger partial charge is 0.242 e. The third kappa shape index (κ3) is 2.38. The Hall–Kier alpha value is -2.04. The summed E-state index contributed by atoms with van der Waals surface area (Å²) < 4.78 is 5.11. The fourth-order valence-corrected chi connectivity index (χ4v) is 3.27. The molecule has 0 fully saturated rings. The number of rotatable bonds is 2. The van der Waals surface area contributed by atoms with E-state index >= 15 is 0 Å². The third-order valence-electron chi connectivity index (χ3n) is 4.11. The van der Waals surface area contributed by atoms with E-state index in [0.29, 0.717) is 22.0 Å². The van der Waals surface area contributed by atoms with Crippen LogP contribution in [0.4, 0.5) is 5.69 Å². The summed E-state index contributed by atoms with van der Waals surface area (Å²) in [5, 5.41) is 3.31. The van der Waals surface area contributed by atoms with Crippen LogP contribution in [0.5, 0.6) is 5.75 Å². The summed E-state index contributed by atoms with van der Waals surface area (Å²) in [6.07, 6.45) is 0. The Morgan fingerprint density at radius 2 is 1.74 bits per heavy atom. The number of hydrogen-bond acceptors (Lipinski definition) is 3. The Morgan fingerprint density at radius 3 is 2.35 bits per heavy atom. The molecular formula is C17H13Cl2NO3. The van der Waals surface area contributed by atoms with Gasteiger partial charge in [0.1, 0.15) is 11.2 Å². The van der Waals surface area contributed by atoms with E-state index in [1.54, 1.807) is 38.3 Å². The second-order valence-electron chi connectivity index (χ2n) is 5.45. The number of anilines is 1. The molecule has 1 amide bonds. The molecule has 2 aromatic rings. The van der Waals surface area contributed by atoms with Crippen molar-refractivity contribution in [1.29, 1.82) is 0 Å². The molecule has 1 N–H and O–H groups in total. The van der Waals surface area contributed by atoms with E-state index in [1.165, 1.54) is 12.1 Å². The predicted molar refractivity (Wildman–Crippen MR) is 89.8 cm³/mol. The summed E-state index contributed by atoms with van der Waals surface area (Å²) in [6.45, 7) is 1.58. The Morgan fingerprint density at radius 1 is 1.09 bits per heavy atom. The maximum Gasteiger partial charge on any atom is 0.242 e. The minimum atomic E-state index is -1.36.